The second-order valence-electron chi connectivity index (χ2n) is 5.10. The zero-order valence-electron chi connectivity index (χ0n) is 13.1. The number of fused-ring (bicyclic) bond motifs is 1. The fraction of sp³-hybridized carbons (Fsp3) is 0.176. The van der Waals surface area contributed by atoms with E-state index in [1.54, 1.807) is 17.4 Å². The van der Waals surface area contributed by atoms with Gasteiger partial charge in [-0.05, 0) is 35.4 Å². The van der Waals surface area contributed by atoms with Gasteiger partial charge in [0.2, 0.25) is 0 Å². The number of pyridine rings is 1. The second kappa shape index (κ2) is 7.51. The molecule has 1 aromatic carbocycles. The molecule has 0 fully saturated rings. The van der Waals surface area contributed by atoms with Crippen LogP contribution in [-0.2, 0) is 4.74 Å². The first-order valence-electron chi connectivity index (χ1n) is 7.10. The molecule has 24 heavy (non-hydrogen) atoms. The lowest BCUT2D eigenvalue weighted by Gasteiger charge is -2.16. The van der Waals surface area contributed by atoms with Gasteiger partial charge in [-0.15, -0.1) is 23.7 Å². The summed E-state index contributed by atoms with van der Waals surface area (Å²) in [6.07, 6.45) is 1.47. The lowest BCUT2D eigenvalue weighted by molar-refractivity contribution is 0.0590. The predicted molar refractivity (Wildman–Crippen MR) is 98.4 cm³/mol. The largest absolute Gasteiger partial charge is 0.504 e. The maximum Gasteiger partial charge on any atom is 0.360 e. The van der Waals surface area contributed by atoms with Crippen molar-refractivity contribution in [2.45, 2.75) is 13.0 Å². The maximum absolute atomic E-state index is 11.6. The average molecular weight is 365 g/mol. The van der Waals surface area contributed by atoms with E-state index in [1.807, 2.05) is 19.1 Å². The molecule has 7 heteroatoms. The molecule has 0 aliphatic heterocycles. The van der Waals surface area contributed by atoms with E-state index in [0.29, 0.717) is 5.69 Å². The molecule has 1 atom stereocenters. The summed E-state index contributed by atoms with van der Waals surface area (Å²) in [5.41, 5.74) is 1.49. The van der Waals surface area contributed by atoms with Crippen LogP contribution in [0.15, 0.2) is 41.9 Å². The van der Waals surface area contributed by atoms with Crippen molar-refractivity contribution in [2.75, 3.05) is 12.4 Å². The molecule has 0 unspecified atom stereocenters. The van der Waals surface area contributed by atoms with E-state index < -0.39 is 5.97 Å². The van der Waals surface area contributed by atoms with Gasteiger partial charge in [0.25, 0.3) is 0 Å². The molecule has 0 saturated carbocycles. The number of aromatic nitrogens is 1. The van der Waals surface area contributed by atoms with Crippen LogP contribution in [0.3, 0.4) is 0 Å². The van der Waals surface area contributed by atoms with E-state index >= 15 is 0 Å². The fourth-order valence-electron chi connectivity index (χ4n) is 2.46. The van der Waals surface area contributed by atoms with Crippen molar-refractivity contribution in [1.82, 2.24) is 4.98 Å². The van der Waals surface area contributed by atoms with Crippen molar-refractivity contribution in [2.24, 2.45) is 0 Å². The van der Waals surface area contributed by atoms with Gasteiger partial charge in [-0.3, -0.25) is 0 Å². The number of rotatable bonds is 4. The van der Waals surface area contributed by atoms with Crippen LogP contribution in [0.2, 0.25) is 0 Å². The average Bonchev–Trinajstić information content (AvgIpc) is 3.00. The molecule has 0 radical (unpaired) electrons. The van der Waals surface area contributed by atoms with Crippen molar-refractivity contribution in [3.05, 3.63) is 53.2 Å². The summed E-state index contributed by atoms with van der Waals surface area (Å²) in [6.45, 7) is 2.01. The number of anilines is 1. The summed E-state index contributed by atoms with van der Waals surface area (Å²) in [6, 6.07) is 9.77. The van der Waals surface area contributed by atoms with E-state index in [1.165, 1.54) is 23.4 Å². The predicted octanol–water partition coefficient (Wildman–Crippen LogP) is 4.38. The smallest absolute Gasteiger partial charge is 0.360 e. The summed E-state index contributed by atoms with van der Waals surface area (Å²) < 4.78 is 5.83. The number of aromatic hydroxyl groups is 1. The number of hydrogen-bond acceptors (Lipinski definition) is 6. The second-order valence-corrected chi connectivity index (χ2v) is 6.01. The lowest BCUT2D eigenvalue weighted by Crippen LogP contribution is -2.09. The summed E-state index contributed by atoms with van der Waals surface area (Å²) in [5.74, 6) is -0.870. The van der Waals surface area contributed by atoms with Crippen LogP contribution in [0.4, 0.5) is 5.69 Å². The molecular weight excluding hydrogens is 348 g/mol. The van der Waals surface area contributed by atoms with Crippen LogP contribution in [0.5, 0.6) is 5.75 Å². The van der Waals surface area contributed by atoms with Crippen LogP contribution >= 0.6 is 23.7 Å². The lowest BCUT2D eigenvalue weighted by atomic mass is 10.1. The first kappa shape index (κ1) is 18.0. The topological polar surface area (TPSA) is 71.5 Å². The van der Waals surface area contributed by atoms with Gasteiger partial charge in [-0.2, -0.15) is 0 Å². The van der Waals surface area contributed by atoms with Crippen LogP contribution in [0.1, 0.15) is 29.0 Å². The minimum atomic E-state index is -0.667. The van der Waals surface area contributed by atoms with Crippen LogP contribution in [0, 0.1) is 0 Å². The summed E-state index contributed by atoms with van der Waals surface area (Å²) in [7, 11) is 1.25. The highest BCUT2D eigenvalue weighted by molar-refractivity contribution is 7.17. The van der Waals surface area contributed by atoms with Crippen LogP contribution < -0.4 is 5.32 Å². The van der Waals surface area contributed by atoms with Crippen LogP contribution in [0.25, 0.3) is 10.1 Å². The first-order valence-corrected chi connectivity index (χ1v) is 7.98. The zero-order chi connectivity index (χ0) is 16.4. The third kappa shape index (κ3) is 3.29. The number of methoxy groups -OCH3 is 1. The maximum atomic E-state index is 11.6. The third-order valence-corrected chi connectivity index (χ3v) is 4.63. The number of ether oxygens (including phenoxy) is 1. The van der Waals surface area contributed by atoms with Crippen molar-refractivity contribution < 1.29 is 14.6 Å². The Hall–Kier alpha value is -2.31. The molecule has 0 aliphatic carbocycles. The van der Waals surface area contributed by atoms with E-state index in [4.69, 9.17) is 0 Å². The highest BCUT2D eigenvalue weighted by atomic mass is 35.5. The normalized spacial score (nSPS) is 11.6. The fourth-order valence-corrected chi connectivity index (χ4v) is 3.52. The van der Waals surface area contributed by atoms with Crippen molar-refractivity contribution in [3.8, 4) is 5.75 Å². The zero-order valence-corrected chi connectivity index (χ0v) is 14.8. The number of carbonyl (C=O) groups excluding carboxylic acids is 1. The van der Waals surface area contributed by atoms with Gasteiger partial charge in [0.15, 0.2) is 11.4 Å². The van der Waals surface area contributed by atoms with E-state index in [9.17, 15) is 9.90 Å². The number of benzene rings is 1. The molecule has 0 bridgehead atoms. The van der Waals surface area contributed by atoms with Gasteiger partial charge in [0, 0.05) is 10.9 Å². The van der Waals surface area contributed by atoms with Gasteiger partial charge < -0.3 is 15.2 Å². The standard InChI is InChI=1S/C17H16N2O3S.ClH/c1-10(12-9-23-14-6-4-3-5-11(12)14)19-13-7-8-18-15(16(13)20)17(21)22-2;/h3-10,20H,1-2H3,(H,18,19);1H/t10-;/m0./s1. The third-order valence-electron chi connectivity index (χ3n) is 3.65. The monoisotopic (exact) mass is 364 g/mol. The molecule has 2 heterocycles. The minimum Gasteiger partial charge on any atom is -0.504 e. The molecule has 3 rings (SSSR count). The van der Waals surface area contributed by atoms with Crippen molar-refractivity contribution in [1.29, 1.82) is 0 Å². The highest BCUT2D eigenvalue weighted by Crippen LogP contribution is 2.34. The molecular formula is C17H17ClN2O3S. The van der Waals surface area contributed by atoms with Gasteiger partial charge in [-0.1, -0.05) is 18.2 Å². The van der Waals surface area contributed by atoms with E-state index in [2.05, 4.69) is 32.6 Å². The highest BCUT2D eigenvalue weighted by Gasteiger charge is 2.18. The molecule has 5 nitrogen and oxygen atoms in total. The molecule has 2 aromatic heterocycles. The number of halogens is 1. The molecule has 126 valence electrons. The van der Waals surface area contributed by atoms with Gasteiger partial charge in [0.05, 0.1) is 18.8 Å². The quantitative estimate of drug-likeness (QED) is 0.672. The molecule has 2 N–H and O–H groups in total. The summed E-state index contributed by atoms with van der Waals surface area (Å²) in [5, 5.41) is 16.7. The molecule has 0 spiro atoms. The molecule has 0 aliphatic rings. The Kier molecular flexibility index (Phi) is 5.64. The Bertz CT molecular complexity index is 866. The Labute approximate surface area is 149 Å². The Balaban J connectivity index is 0.00000208. The Morgan fingerprint density at radius 2 is 2.08 bits per heavy atom. The van der Waals surface area contributed by atoms with Crippen molar-refractivity contribution >= 4 is 45.5 Å². The molecule has 0 saturated heterocycles. The summed E-state index contributed by atoms with van der Waals surface area (Å²) in [4.78, 5) is 15.5. The number of hydrogen-bond donors (Lipinski definition) is 2. The van der Waals surface area contributed by atoms with Crippen molar-refractivity contribution in [3.63, 3.8) is 0 Å². The number of nitrogens with zero attached hydrogens (tertiary/aromatic N) is 1. The van der Waals surface area contributed by atoms with Gasteiger partial charge >= 0.3 is 5.97 Å². The number of thiophene rings is 1. The Morgan fingerprint density at radius 3 is 2.83 bits per heavy atom. The number of nitrogens with one attached hydrogen (secondary N) is 1. The molecule has 0 amide bonds. The van der Waals surface area contributed by atoms with Crippen LogP contribution in [-0.4, -0.2) is 23.2 Å². The summed E-state index contributed by atoms with van der Waals surface area (Å²) >= 11 is 1.68. The number of carbonyl (C=O) groups is 1. The molecule has 3 aromatic rings. The Morgan fingerprint density at radius 1 is 1.33 bits per heavy atom. The first-order chi connectivity index (χ1) is 11.1. The SMILES string of the molecule is COC(=O)c1nccc(N[C@@H](C)c2csc3ccccc23)c1O.Cl. The van der Waals surface area contributed by atoms with E-state index in [-0.39, 0.29) is 29.9 Å². The van der Waals surface area contributed by atoms with E-state index in [0.717, 1.165) is 5.56 Å². The number of esters is 1. The minimum absolute atomic E-state index is 0. The van der Waals surface area contributed by atoms with Gasteiger partial charge in [0.1, 0.15) is 0 Å². The van der Waals surface area contributed by atoms with Gasteiger partial charge in [-0.25, -0.2) is 9.78 Å².